The molecule has 0 aromatic rings. The molecule has 12 heavy (non-hydrogen) atoms. The molecular formula is C9H21FN2. The summed E-state index contributed by atoms with van der Waals surface area (Å²) >= 11 is 0. The molecule has 0 aromatic carbocycles. The van der Waals surface area contributed by atoms with Gasteiger partial charge in [-0.05, 0) is 33.9 Å². The molecule has 0 radical (unpaired) electrons. The molecule has 0 saturated heterocycles. The normalized spacial score (nSPS) is 11.5. The molecule has 0 unspecified atom stereocenters. The summed E-state index contributed by atoms with van der Waals surface area (Å²) < 4.78 is 11.7. The van der Waals surface area contributed by atoms with Crippen molar-refractivity contribution >= 4 is 0 Å². The fourth-order valence-electron chi connectivity index (χ4n) is 0.830. The van der Waals surface area contributed by atoms with E-state index in [1.54, 1.807) is 0 Å². The average Bonchev–Trinajstić information content (AvgIpc) is 2.03. The molecule has 0 aliphatic rings. The van der Waals surface area contributed by atoms with E-state index in [0.717, 1.165) is 19.6 Å². The monoisotopic (exact) mass is 176 g/mol. The van der Waals surface area contributed by atoms with Crippen LogP contribution in [0.1, 0.15) is 20.3 Å². The van der Waals surface area contributed by atoms with Crippen molar-refractivity contribution in [3.05, 3.63) is 0 Å². The van der Waals surface area contributed by atoms with E-state index in [1.807, 2.05) is 0 Å². The Labute approximate surface area is 75.1 Å². The van der Waals surface area contributed by atoms with Crippen LogP contribution in [0.3, 0.4) is 0 Å². The first-order valence-corrected chi connectivity index (χ1v) is 4.65. The van der Waals surface area contributed by atoms with Gasteiger partial charge >= 0.3 is 0 Å². The van der Waals surface area contributed by atoms with Gasteiger partial charge in [0.2, 0.25) is 0 Å². The number of hydrogen-bond acceptors (Lipinski definition) is 2. The molecule has 0 heterocycles. The Morgan fingerprint density at radius 2 is 2.00 bits per heavy atom. The summed E-state index contributed by atoms with van der Waals surface area (Å²) in [5.74, 6) is 0. The highest BCUT2D eigenvalue weighted by Gasteiger charge is 2.00. The standard InChI is InChI=1S/C9H21FN2/c1-9(2)12(3)8-7-11-6-4-5-10/h9,11H,4-8H2,1-3H3. The number of nitrogens with zero attached hydrogens (tertiary/aromatic N) is 1. The lowest BCUT2D eigenvalue weighted by molar-refractivity contribution is 0.273. The van der Waals surface area contributed by atoms with E-state index in [4.69, 9.17) is 0 Å². The molecule has 1 N–H and O–H groups in total. The SMILES string of the molecule is CC(C)N(C)CCNCCCF. The molecule has 0 atom stereocenters. The molecule has 2 nitrogen and oxygen atoms in total. The van der Waals surface area contributed by atoms with Gasteiger partial charge in [0.05, 0.1) is 6.67 Å². The lowest BCUT2D eigenvalue weighted by Gasteiger charge is -2.20. The molecule has 0 spiro atoms. The van der Waals surface area contributed by atoms with Gasteiger partial charge in [0.25, 0.3) is 0 Å². The molecule has 0 fully saturated rings. The predicted octanol–water partition coefficient (Wildman–Crippen LogP) is 1.28. The second-order valence-electron chi connectivity index (χ2n) is 3.37. The molecule has 3 heteroatoms. The summed E-state index contributed by atoms with van der Waals surface area (Å²) in [6, 6.07) is 0.591. The van der Waals surface area contributed by atoms with Crippen LogP contribution in [0, 0.1) is 0 Å². The minimum absolute atomic E-state index is 0.215. The molecule has 74 valence electrons. The van der Waals surface area contributed by atoms with Crippen LogP contribution < -0.4 is 5.32 Å². The molecule has 0 rings (SSSR count). The zero-order valence-corrected chi connectivity index (χ0v) is 8.44. The van der Waals surface area contributed by atoms with Crippen molar-refractivity contribution in [3.8, 4) is 0 Å². The van der Waals surface area contributed by atoms with Gasteiger partial charge in [0, 0.05) is 19.1 Å². The fraction of sp³-hybridized carbons (Fsp3) is 1.00. The predicted molar refractivity (Wildman–Crippen MR) is 51.2 cm³/mol. The van der Waals surface area contributed by atoms with Gasteiger partial charge in [-0.15, -0.1) is 0 Å². The Kier molecular flexibility index (Phi) is 7.40. The number of likely N-dealkylation sites (N-methyl/N-ethyl adjacent to an activating group) is 1. The second kappa shape index (κ2) is 7.50. The first-order chi connectivity index (χ1) is 5.68. The van der Waals surface area contributed by atoms with Crippen LogP contribution in [0.4, 0.5) is 4.39 Å². The minimum Gasteiger partial charge on any atom is -0.315 e. The highest BCUT2D eigenvalue weighted by molar-refractivity contribution is 4.58. The topological polar surface area (TPSA) is 15.3 Å². The van der Waals surface area contributed by atoms with Crippen LogP contribution in [-0.4, -0.2) is 44.3 Å². The highest BCUT2D eigenvalue weighted by Crippen LogP contribution is 1.90. The molecule has 0 aliphatic carbocycles. The quantitative estimate of drug-likeness (QED) is 0.588. The molecule has 0 aliphatic heterocycles. The van der Waals surface area contributed by atoms with Crippen LogP contribution in [-0.2, 0) is 0 Å². The van der Waals surface area contributed by atoms with E-state index in [1.165, 1.54) is 0 Å². The van der Waals surface area contributed by atoms with E-state index in [2.05, 4.69) is 31.1 Å². The van der Waals surface area contributed by atoms with Gasteiger partial charge in [-0.3, -0.25) is 4.39 Å². The van der Waals surface area contributed by atoms with Gasteiger partial charge in [-0.1, -0.05) is 0 Å². The maximum absolute atomic E-state index is 11.7. The third-order valence-corrected chi connectivity index (χ3v) is 2.01. The van der Waals surface area contributed by atoms with E-state index in [-0.39, 0.29) is 6.67 Å². The van der Waals surface area contributed by atoms with Crippen molar-refractivity contribution < 1.29 is 4.39 Å². The second-order valence-corrected chi connectivity index (χ2v) is 3.37. The lowest BCUT2D eigenvalue weighted by atomic mass is 10.3. The Bertz CT molecular complexity index is 96.5. The Balaban J connectivity index is 3.08. The highest BCUT2D eigenvalue weighted by atomic mass is 19.1. The van der Waals surface area contributed by atoms with E-state index in [0.29, 0.717) is 12.5 Å². The number of hydrogen-bond donors (Lipinski definition) is 1. The molecule has 0 saturated carbocycles. The largest absolute Gasteiger partial charge is 0.315 e. The summed E-state index contributed by atoms with van der Waals surface area (Å²) in [4.78, 5) is 2.27. The van der Waals surface area contributed by atoms with E-state index in [9.17, 15) is 4.39 Å². The van der Waals surface area contributed by atoms with Gasteiger partial charge in [0.15, 0.2) is 0 Å². The fourth-order valence-corrected chi connectivity index (χ4v) is 0.830. The third-order valence-electron chi connectivity index (χ3n) is 2.01. The van der Waals surface area contributed by atoms with Gasteiger partial charge in [-0.2, -0.15) is 0 Å². The zero-order chi connectivity index (χ0) is 9.40. The molecular weight excluding hydrogens is 155 g/mol. The molecule has 0 amide bonds. The number of alkyl halides is 1. The average molecular weight is 176 g/mol. The number of nitrogens with one attached hydrogen (secondary N) is 1. The van der Waals surface area contributed by atoms with Crippen LogP contribution in [0.25, 0.3) is 0 Å². The van der Waals surface area contributed by atoms with E-state index < -0.39 is 0 Å². The number of rotatable bonds is 7. The first kappa shape index (κ1) is 11.8. The summed E-state index contributed by atoms with van der Waals surface area (Å²) in [7, 11) is 2.10. The third kappa shape index (κ3) is 6.55. The first-order valence-electron chi connectivity index (χ1n) is 4.65. The summed E-state index contributed by atoms with van der Waals surface area (Å²) in [5.41, 5.74) is 0. The van der Waals surface area contributed by atoms with E-state index >= 15 is 0 Å². The van der Waals surface area contributed by atoms with Crippen LogP contribution in [0.5, 0.6) is 0 Å². The summed E-state index contributed by atoms with van der Waals surface area (Å²) in [5, 5.41) is 3.19. The van der Waals surface area contributed by atoms with Crippen molar-refractivity contribution in [2.45, 2.75) is 26.3 Å². The maximum Gasteiger partial charge on any atom is 0.0906 e. The van der Waals surface area contributed by atoms with Crippen molar-refractivity contribution in [1.29, 1.82) is 0 Å². The van der Waals surface area contributed by atoms with Gasteiger partial charge < -0.3 is 10.2 Å². The maximum atomic E-state index is 11.7. The Hall–Kier alpha value is -0.150. The van der Waals surface area contributed by atoms with Crippen LogP contribution >= 0.6 is 0 Å². The molecule has 0 aromatic heterocycles. The smallest absolute Gasteiger partial charge is 0.0906 e. The van der Waals surface area contributed by atoms with Crippen molar-refractivity contribution in [3.63, 3.8) is 0 Å². The number of halogens is 1. The Morgan fingerprint density at radius 3 is 2.50 bits per heavy atom. The summed E-state index contributed by atoms with van der Waals surface area (Å²) in [6.07, 6.45) is 0.630. The van der Waals surface area contributed by atoms with Crippen LogP contribution in [0.2, 0.25) is 0 Å². The minimum atomic E-state index is -0.215. The Morgan fingerprint density at radius 1 is 1.33 bits per heavy atom. The van der Waals surface area contributed by atoms with Crippen molar-refractivity contribution in [2.75, 3.05) is 33.4 Å². The zero-order valence-electron chi connectivity index (χ0n) is 8.44. The van der Waals surface area contributed by atoms with Gasteiger partial charge in [0.1, 0.15) is 0 Å². The lowest BCUT2D eigenvalue weighted by Crippen LogP contribution is -2.34. The summed E-state index contributed by atoms with van der Waals surface area (Å²) in [6.45, 7) is 6.90. The van der Waals surface area contributed by atoms with Crippen LogP contribution in [0.15, 0.2) is 0 Å². The molecule has 0 bridgehead atoms. The van der Waals surface area contributed by atoms with Crippen molar-refractivity contribution in [2.24, 2.45) is 0 Å². The van der Waals surface area contributed by atoms with Gasteiger partial charge in [-0.25, -0.2) is 0 Å². The van der Waals surface area contributed by atoms with Crippen molar-refractivity contribution in [1.82, 2.24) is 10.2 Å².